The van der Waals surface area contributed by atoms with Gasteiger partial charge in [0.2, 0.25) is 11.8 Å². The smallest absolute Gasteiger partial charge is 0.226 e. The van der Waals surface area contributed by atoms with Crippen LogP contribution < -0.4 is 15.4 Å². The number of ketones is 1. The highest BCUT2D eigenvalue weighted by atomic mass is 16.5. The molecule has 2 amide bonds. The normalized spacial score (nSPS) is 10.5. The summed E-state index contributed by atoms with van der Waals surface area (Å²) < 4.78 is 5.50. The van der Waals surface area contributed by atoms with Gasteiger partial charge in [-0.15, -0.1) is 0 Å². The molecular weight excluding hydrogens is 368 g/mol. The molecule has 6 heteroatoms. The molecule has 2 N–H and O–H groups in total. The van der Waals surface area contributed by atoms with Gasteiger partial charge >= 0.3 is 0 Å². The van der Waals surface area contributed by atoms with E-state index in [1.54, 1.807) is 48.5 Å². The van der Waals surface area contributed by atoms with Gasteiger partial charge in [-0.2, -0.15) is 0 Å². The molecule has 6 nitrogen and oxygen atoms in total. The summed E-state index contributed by atoms with van der Waals surface area (Å²) in [5.41, 5.74) is 1.84. The van der Waals surface area contributed by atoms with Crippen LogP contribution in [0.5, 0.6) is 5.75 Å². The zero-order valence-corrected chi connectivity index (χ0v) is 17.2. The summed E-state index contributed by atoms with van der Waals surface area (Å²) in [5.74, 6) is 0.237. The number of carbonyl (C=O) groups is 3. The van der Waals surface area contributed by atoms with Crippen LogP contribution in [0.1, 0.15) is 50.4 Å². The molecule has 2 aromatic rings. The van der Waals surface area contributed by atoms with Gasteiger partial charge in [0.1, 0.15) is 5.75 Å². The Morgan fingerprint density at radius 3 is 2.00 bits per heavy atom. The molecule has 0 radical (unpaired) electrons. The maximum absolute atomic E-state index is 12.3. The van der Waals surface area contributed by atoms with E-state index in [1.807, 2.05) is 20.8 Å². The van der Waals surface area contributed by atoms with Gasteiger partial charge in [-0.1, -0.05) is 20.8 Å². The average molecular weight is 396 g/mol. The topological polar surface area (TPSA) is 84.5 Å². The number of hydrogen-bond acceptors (Lipinski definition) is 4. The lowest BCUT2D eigenvalue weighted by atomic mass is 10.1. The zero-order chi connectivity index (χ0) is 21.2. The molecule has 0 atom stereocenters. The van der Waals surface area contributed by atoms with Crippen LogP contribution in [0.4, 0.5) is 11.4 Å². The minimum absolute atomic E-state index is 0.0646. The first-order chi connectivity index (χ1) is 13.9. The molecule has 0 aliphatic heterocycles. The van der Waals surface area contributed by atoms with Crippen molar-refractivity contribution in [2.24, 2.45) is 5.92 Å². The highest BCUT2D eigenvalue weighted by Crippen LogP contribution is 2.16. The first kappa shape index (κ1) is 22.1. The van der Waals surface area contributed by atoms with Gasteiger partial charge in [0.15, 0.2) is 5.78 Å². The quantitative estimate of drug-likeness (QED) is 0.572. The van der Waals surface area contributed by atoms with Gasteiger partial charge in [-0.05, 0) is 55.0 Å². The van der Waals surface area contributed by atoms with Crippen molar-refractivity contribution < 1.29 is 19.1 Å². The molecule has 0 saturated carbocycles. The summed E-state index contributed by atoms with van der Waals surface area (Å²) in [6.45, 7) is 6.31. The van der Waals surface area contributed by atoms with E-state index in [9.17, 15) is 14.4 Å². The minimum atomic E-state index is -0.236. The number of nitrogens with one attached hydrogen (secondary N) is 2. The Morgan fingerprint density at radius 2 is 1.45 bits per heavy atom. The van der Waals surface area contributed by atoms with Crippen molar-refractivity contribution >= 4 is 29.0 Å². The van der Waals surface area contributed by atoms with Gasteiger partial charge in [0.05, 0.1) is 6.61 Å². The third-order valence-corrected chi connectivity index (χ3v) is 4.19. The largest absolute Gasteiger partial charge is 0.494 e. The van der Waals surface area contributed by atoms with E-state index in [-0.39, 0.29) is 36.4 Å². The van der Waals surface area contributed by atoms with Crippen LogP contribution in [0.25, 0.3) is 0 Å². The molecule has 0 aliphatic carbocycles. The molecule has 0 heterocycles. The Hall–Kier alpha value is -3.15. The highest BCUT2D eigenvalue weighted by Gasteiger charge is 2.11. The molecule has 0 aromatic heterocycles. The summed E-state index contributed by atoms with van der Waals surface area (Å²) >= 11 is 0. The number of rotatable bonds is 10. The van der Waals surface area contributed by atoms with Crippen molar-refractivity contribution in [1.82, 2.24) is 0 Å². The first-order valence-corrected chi connectivity index (χ1v) is 9.86. The molecule has 0 saturated heterocycles. The van der Waals surface area contributed by atoms with Gasteiger partial charge in [0, 0.05) is 35.7 Å². The Balaban J connectivity index is 1.80. The summed E-state index contributed by atoms with van der Waals surface area (Å²) in [5, 5.41) is 5.55. The Kier molecular flexibility index (Phi) is 8.40. The minimum Gasteiger partial charge on any atom is -0.494 e. The second-order valence-electron chi connectivity index (χ2n) is 7.07. The van der Waals surface area contributed by atoms with E-state index in [0.29, 0.717) is 23.5 Å². The van der Waals surface area contributed by atoms with Crippen molar-refractivity contribution in [2.75, 3.05) is 17.2 Å². The molecule has 29 heavy (non-hydrogen) atoms. The van der Waals surface area contributed by atoms with Crippen LogP contribution in [0.15, 0.2) is 48.5 Å². The first-order valence-electron chi connectivity index (χ1n) is 9.86. The lowest BCUT2D eigenvalue weighted by molar-refractivity contribution is -0.119. The predicted molar refractivity (Wildman–Crippen MR) is 114 cm³/mol. The SMILES string of the molecule is CCCOc1ccc(C(=O)CCC(=O)Nc2ccc(NC(=O)C(C)C)cc2)cc1. The summed E-state index contributed by atoms with van der Waals surface area (Å²) in [4.78, 5) is 36.1. The van der Waals surface area contributed by atoms with Gasteiger partial charge in [0.25, 0.3) is 0 Å². The third kappa shape index (κ3) is 7.41. The fourth-order valence-corrected chi connectivity index (χ4v) is 2.48. The number of Topliss-reactive ketones (excluding diaryl/α,β-unsaturated/α-hetero) is 1. The number of anilines is 2. The van der Waals surface area contributed by atoms with E-state index >= 15 is 0 Å². The van der Waals surface area contributed by atoms with E-state index in [4.69, 9.17) is 4.74 Å². The Morgan fingerprint density at radius 1 is 0.862 bits per heavy atom. The monoisotopic (exact) mass is 396 g/mol. The second-order valence-corrected chi connectivity index (χ2v) is 7.07. The fourth-order valence-electron chi connectivity index (χ4n) is 2.48. The molecule has 154 valence electrons. The van der Waals surface area contributed by atoms with Gasteiger partial charge in [-0.3, -0.25) is 14.4 Å². The van der Waals surface area contributed by atoms with Crippen LogP contribution in [-0.4, -0.2) is 24.2 Å². The lowest BCUT2D eigenvalue weighted by Crippen LogP contribution is -2.17. The summed E-state index contributed by atoms with van der Waals surface area (Å²) in [6, 6.07) is 13.8. The van der Waals surface area contributed by atoms with Crippen LogP contribution in [0.3, 0.4) is 0 Å². The van der Waals surface area contributed by atoms with Crippen molar-refractivity contribution in [3.05, 3.63) is 54.1 Å². The van der Waals surface area contributed by atoms with E-state index in [2.05, 4.69) is 10.6 Å². The number of hydrogen-bond donors (Lipinski definition) is 2. The van der Waals surface area contributed by atoms with E-state index in [0.717, 1.165) is 12.2 Å². The third-order valence-electron chi connectivity index (χ3n) is 4.19. The number of benzene rings is 2. The number of amides is 2. The van der Waals surface area contributed by atoms with Crippen molar-refractivity contribution in [3.8, 4) is 5.75 Å². The molecule has 0 spiro atoms. The second kappa shape index (κ2) is 11.0. The number of ether oxygens (including phenoxy) is 1. The van der Waals surface area contributed by atoms with Crippen molar-refractivity contribution in [2.45, 2.75) is 40.0 Å². The highest BCUT2D eigenvalue weighted by molar-refractivity contribution is 6.00. The summed E-state index contributed by atoms with van der Waals surface area (Å²) in [7, 11) is 0. The van der Waals surface area contributed by atoms with Crippen molar-refractivity contribution in [1.29, 1.82) is 0 Å². The molecular formula is C23H28N2O4. The van der Waals surface area contributed by atoms with Crippen LogP contribution in [0, 0.1) is 5.92 Å². The average Bonchev–Trinajstić information content (AvgIpc) is 2.72. The van der Waals surface area contributed by atoms with E-state index < -0.39 is 0 Å². The summed E-state index contributed by atoms with van der Waals surface area (Å²) in [6.07, 6.45) is 1.15. The Bertz CT molecular complexity index is 827. The van der Waals surface area contributed by atoms with Gasteiger partial charge in [-0.25, -0.2) is 0 Å². The van der Waals surface area contributed by atoms with Crippen LogP contribution in [-0.2, 0) is 9.59 Å². The maximum atomic E-state index is 12.3. The molecule has 0 aliphatic rings. The zero-order valence-electron chi connectivity index (χ0n) is 17.2. The molecule has 2 rings (SSSR count). The van der Waals surface area contributed by atoms with Crippen LogP contribution in [0.2, 0.25) is 0 Å². The van der Waals surface area contributed by atoms with E-state index in [1.165, 1.54) is 0 Å². The molecule has 2 aromatic carbocycles. The molecule has 0 unspecified atom stereocenters. The lowest BCUT2D eigenvalue weighted by Gasteiger charge is -2.09. The number of carbonyl (C=O) groups excluding carboxylic acids is 3. The van der Waals surface area contributed by atoms with Gasteiger partial charge < -0.3 is 15.4 Å². The standard InChI is InChI=1S/C23H28N2O4/c1-4-15-29-20-11-5-17(6-12-20)21(26)13-14-22(27)24-18-7-9-19(10-8-18)25-23(28)16(2)3/h5-12,16H,4,13-15H2,1-3H3,(H,24,27)(H,25,28). The predicted octanol–water partition coefficient (Wildman–Crippen LogP) is 4.67. The molecule has 0 fully saturated rings. The van der Waals surface area contributed by atoms with Crippen molar-refractivity contribution in [3.63, 3.8) is 0 Å². The van der Waals surface area contributed by atoms with Crippen LogP contribution >= 0.6 is 0 Å². The Labute approximate surface area is 171 Å². The maximum Gasteiger partial charge on any atom is 0.226 e. The molecule has 0 bridgehead atoms. The fraction of sp³-hybridized carbons (Fsp3) is 0.348.